The number of nitrogens with zero attached hydrogens (tertiary/aromatic N) is 3. The Morgan fingerprint density at radius 2 is 1.96 bits per heavy atom. The zero-order valence-corrected chi connectivity index (χ0v) is 13.7. The van der Waals surface area contributed by atoms with Gasteiger partial charge in [0.15, 0.2) is 11.3 Å². The predicted molar refractivity (Wildman–Crippen MR) is 79.8 cm³/mol. The van der Waals surface area contributed by atoms with Gasteiger partial charge in [0, 0.05) is 13.2 Å². The lowest BCUT2D eigenvalue weighted by Gasteiger charge is -2.24. The van der Waals surface area contributed by atoms with Gasteiger partial charge in [-0.1, -0.05) is 11.6 Å². The van der Waals surface area contributed by atoms with E-state index >= 15 is 0 Å². The van der Waals surface area contributed by atoms with Gasteiger partial charge in [0.2, 0.25) is 0 Å². The van der Waals surface area contributed by atoms with E-state index in [2.05, 4.69) is 4.98 Å². The minimum atomic E-state index is -4.69. The number of alkyl halides is 3. The van der Waals surface area contributed by atoms with Crippen molar-refractivity contribution in [2.45, 2.75) is 32.5 Å². The highest BCUT2D eigenvalue weighted by Crippen LogP contribution is 2.36. The third kappa shape index (κ3) is 3.52. The summed E-state index contributed by atoms with van der Waals surface area (Å²) in [5.41, 5.74) is -1.87. The number of imidazole rings is 1. The zero-order chi connectivity index (χ0) is 17.6. The molecule has 0 saturated heterocycles. The molecule has 23 heavy (non-hydrogen) atoms. The van der Waals surface area contributed by atoms with Gasteiger partial charge < -0.3 is 4.74 Å². The quantitative estimate of drug-likeness (QED) is 0.767. The van der Waals surface area contributed by atoms with Gasteiger partial charge in [0.1, 0.15) is 10.8 Å². The van der Waals surface area contributed by atoms with Crippen LogP contribution in [0.3, 0.4) is 0 Å². The molecule has 9 heteroatoms. The number of rotatable bonds is 1. The molecule has 0 atom stereocenters. The van der Waals surface area contributed by atoms with Crippen LogP contribution in [-0.4, -0.2) is 28.1 Å². The lowest BCUT2D eigenvalue weighted by atomic mass is 10.2. The average molecular weight is 350 g/mol. The van der Waals surface area contributed by atoms with Crippen molar-refractivity contribution in [1.82, 2.24) is 9.38 Å². The molecular weight excluding hydrogens is 335 g/mol. The minimum Gasteiger partial charge on any atom is -0.443 e. The van der Waals surface area contributed by atoms with Crippen LogP contribution >= 0.6 is 11.6 Å². The van der Waals surface area contributed by atoms with E-state index in [9.17, 15) is 18.0 Å². The van der Waals surface area contributed by atoms with Gasteiger partial charge >= 0.3 is 12.3 Å². The van der Waals surface area contributed by atoms with Crippen LogP contribution < -0.4 is 4.90 Å². The lowest BCUT2D eigenvalue weighted by Crippen LogP contribution is -2.34. The number of carbonyl (C=O) groups excluding carboxylic acids is 1. The molecule has 126 valence electrons. The number of halogens is 4. The van der Waals surface area contributed by atoms with Crippen molar-refractivity contribution in [1.29, 1.82) is 0 Å². The summed E-state index contributed by atoms with van der Waals surface area (Å²) >= 11 is 5.75. The number of fused-ring (bicyclic) bond motifs is 1. The SMILES string of the molecule is CN(C(=O)OC(C)(C)C)c1cccn2c(Cl)c(C(F)(F)F)nc12. The highest BCUT2D eigenvalue weighted by atomic mass is 35.5. The van der Waals surface area contributed by atoms with E-state index in [1.807, 2.05) is 0 Å². The smallest absolute Gasteiger partial charge is 0.436 e. The predicted octanol–water partition coefficient (Wildman–Crippen LogP) is 4.38. The Hall–Kier alpha value is -1.96. The Labute approximate surface area is 135 Å². The summed E-state index contributed by atoms with van der Waals surface area (Å²) in [6.07, 6.45) is -4.06. The van der Waals surface area contributed by atoms with Crippen LogP contribution in [0.25, 0.3) is 5.65 Å². The van der Waals surface area contributed by atoms with Crippen molar-refractivity contribution in [3.63, 3.8) is 0 Å². The van der Waals surface area contributed by atoms with Crippen molar-refractivity contribution >= 4 is 29.0 Å². The molecular formula is C14H15ClF3N3O2. The number of pyridine rings is 1. The molecule has 2 heterocycles. The van der Waals surface area contributed by atoms with E-state index < -0.39 is 28.7 Å². The lowest BCUT2D eigenvalue weighted by molar-refractivity contribution is -0.140. The highest BCUT2D eigenvalue weighted by Gasteiger charge is 2.38. The maximum atomic E-state index is 12.9. The number of anilines is 1. The van der Waals surface area contributed by atoms with Gasteiger partial charge in [-0.05, 0) is 32.9 Å². The molecule has 0 aliphatic rings. The van der Waals surface area contributed by atoms with Gasteiger partial charge in [-0.15, -0.1) is 0 Å². The molecule has 0 spiro atoms. The molecule has 2 rings (SSSR count). The molecule has 0 aliphatic heterocycles. The highest BCUT2D eigenvalue weighted by molar-refractivity contribution is 6.30. The maximum Gasteiger partial charge on any atom is 0.436 e. The van der Waals surface area contributed by atoms with Gasteiger partial charge in [-0.2, -0.15) is 13.2 Å². The zero-order valence-electron chi connectivity index (χ0n) is 12.9. The largest absolute Gasteiger partial charge is 0.443 e. The van der Waals surface area contributed by atoms with E-state index in [1.165, 1.54) is 25.4 Å². The van der Waals surface area contributed by atoms with E-state index in [1.54, 1.807) is 20.8 Å². The number of carbonyl (C=O) groups is 1. The van der Waals surface area contributed by atoms with Gasteiger partial charge in [0.05, 0.1) is 5.69 Å². The fraction of sp³-hybridized carbons (Fsp3) is 0.429. The molecule has 0 N–H and O–H groups in total. The molecule has 0 saturated carbocycles. The van der Waals surface area contributed by atoms with Crippen molar-refractivity contribution < 1.29 is 22.7 Å². The first-order chi connectivity index (χ1) is 10.4. The summed E-state index contributed by atoms with van der Waals surface area (Å²) in [5, 5.41) is -0.563. The summed E-state index contributed by atoms with van der Waals surface area (Å²) in [7, 11) is 1.39. The van der Waals surface area contributed by atoms with Crippen molar-refractivity contribution in [3.8, 4) is 0 Å². The summed E-state index contributed by atoms with van der Waals surface area (Å²) in [5.74, 6) is 0. The van der Waals surface area contributed by atoms with Gasteiger partial charge in [0.25, 0.3) is 0 Å². The summed E-state index contributed by atoms with van der Waals surface area (Å²) < 4.78 is 45.1. The molecule has 1 amide bonds. The van der Waals surface area contributed by atoms with Crippen LogP contribution in [0.15, 0.2) is 18.3 Å². The molecule has 0 unspecified atom stereocenters. The van der Waals surface area contributed by atoms with Crippen LogP contribution in [0, 0.1) is 0 Å². The normalized spacial score (nSPS) is 12.5. The maximum absolute atomic E-state index is 12.9. The second-order valence-electron chi connectivity index (χ2n) is 5.88. The van der Waals surface area contributed by atoms with E-state index in [0.29, 0.717) is 0 Å². The van der Waals surface area contributed by atoms with E-state index in [0.717, 1.165) is 9.30 Å². The Balaban J connectivity index is 2.52. The first-order valence-corrected chi connectivity index (χ1v) is 7.00. The molecule has 0 aromatic carbocycles. The van der Waals surface area contributed by atoms with E-state index in [4.69, 9.17) is 16.3 Å². The first kappa shape index (κ1) is 17.4. The Kier molecular flexibility index (Phi) is 4.23. The Morgan fingerprint density at radius 3 is 2.48 bits per heavy atom. The van der Waals surface area contributed by atoms with E-state index in [-0.39, 0.29) is 11.3 Å². The summed E-state index contributed by atoms with van der Waals surface area (Å²) in [4.78, 5) is 16.7. The molecule has 5 nitrogen and oxygen atoms in total. The van der Waals surface area contributed by atoms with Crippen LogP contribution in [0.4, 0.5) is 23.7 Å². The fourth-order valence-corrected chi connectivity index (χ4v) is 2.18. The molecule has 2 aromatic rings. The van der Waals surface area contributed by atoms with Crippen molar-refractivity contribution in [2.24, 2.45) is 0 Å². The Morgan fingerprint density at radius 1 is 1.35 bits per heavy atom. The molecule has 0 aliphatic carbocycles. The van der Waals surface area contributed by atoms with Crippen LogP contribution in [0.1, 0.15) is 26.5 Å². The third-order valence-electron chi connectivity index (χ3n) is 2.87. The number of hydrogen-bond acceptors (Lipinski definition) is 3. The molecule has 2 aromatic heterocycles. The Bertz CT molecular complexity index is 750. The number of ether oxygens (including phenoxy) is 1. The fourth-order valence-electron chi connectivity index (χ4n) is 1.90. The number of hydrogen-bond donors (Lipinski definition) is 0. The van der Waals surface area contributed by atoms with Crippen LogP contribution in [-0.2, 0) is 10.9 Å². The standard InChI is InChI=1S/C14H15ClF3N3O2/c1-13(2,3)23-12(22)20(4)8-6-5-7-21-10(15)9(14(16,17)18)19-11(8)21/h5-7H,1-4H3. The van der Waals surface area contributed by atoms with Crippen molar-refractivity contribution in [2.75, 3.05) is 11.9 Å². The number of aromatic nitrogens is 2. The molecule has 0 bridgehead atoms. The first-order valence-electron chi connectivity index (χ1n) is 6.62. The third-order valence-corrected chi connectivity index (χ3v) is 3.23. The van der Waals surface area contributed by atoms with Crippen molar-refractivity contribution in [3.05, 3.63) is 29.2 Å². The second-order valence-corrected chi connectivity index (χ2v) is 6.23. The van der Waals surface area contributed by atoms with Crippen LogP contribution in [0.5, 0.6) is 0 Å². The molecule has 0 fully saturated rings. The summed E-state index contributed by atoms with van der Waals surface area (Å²) in [6, 6.07) is 2.93. The van der Waals surface area contributed by atoms with Crippen LogP contribution in [0.2, 0.25) is 5.15 Å². The topological polar surface area (TPSA) is 46.8 Å². The number of amides is 1. The summed E-state index contributed by atoms with van der Waals surface area (Å²) in [6.45, 7) is 5.06. The van der Waals surface area contributed by atoms with Gasteiger partial charge in [-0.3, -0.25) is 9.30 Å². The monoisotopic (exact) mass is 349 g/mol. The second kappa shape index (κ2) is 5.59. The van der Waals surface area contributed by atoms with Gasteiger partial charge in [-0.25, -0.2) is 9.78 Å². The average Bonchev–Trinajstić information content (AvgIpc) is 2.73. The molecule has 0 radical (unpaired) electrons. The minimum absolute atomic E-state index is 0.0850.